The van der Waals surface area contributed by atoms with Gasteiger partial charge in [-0.15, -0.1) is 0 Å². The van der Waals surface area contributed by atoms with E-state index in [0.717, 1.165) is 11.0 Å². The first-order valence-electron chi connectivity index (χ1n) is 9.74. The lowest BCUT2D eigenvalue weighted by atomic mass is 10.1. The summed E-state index contributed by atoms with van der Waals surface area (Å²) in [5.41, 5.74) is 2.41. The number of thioether (sulfide) groups is 1. The molecule has 0 fully saturated rings. The van der Waals surface area contributed by atoms with Crippen LogP contribution in [0.2, 0.25) is 0 Å². The van der Waals surface area contributed by atoms with Crippen LogP contribution < -0.4 is 5.32 Å². The van der Waals surface area contributed by atoms with Crippen molar-refractivity contribution < 1.29 is 18.7 Å². The summed E-state index contributed by atoms with van der Waals surface area (Å²) in [7, 11) is 0. The first-order valence-corrected chi connectivity index (χ1v) is 10.7. The summed E-state index contributed by atoms with van der Waals surface area (Å²) >= 11 is 1.18. The zero-order valence-corrected chi connectivity index (χ0v) is 17.6. The Kier molecular flexibility index (Phi) is 6.72. The molecule has 0 saturated carbocycles. The van der Waals surface area contributed by atoms with Gasteiger partial charge in [0.1, 0.15) is 10.8 Å². The van der Waals surface area contributed by atoms with E-state index in [4.69, 9.17) is 4.74 Å². The fourth-order valence-corrected chi connectivity index (χ4v) is 3.57. The number of ether oxygens (including phenoxy) is 1. The van der Waals surface area contributed by atoms with Crippen LogP contribution in [0.4, 0.5) is 10.1 Å². The van der Waals surface area contributed by atoms with Crippen molar-refractivity contribution in [2.45, 2.75) is 11.1 Å². The van der Waals surface area contributed by atoms with Crippen molar-refractivity contribution in [2.75, 3.05) is 11.1 Å². The molecule has 32 heavy (non-hydrogen) atoms. The normalized spacial score (nSPS) is 11.7. The number of aromatic nitrogens is 2. The quantitative estimate of drug-likeness (QED) is 0.324. The zero-order chi connectivity index (χ0) is 22.3. The third kappa shape index (κ3) is 5.47. The maximum absolute atomic E-state index is 13.1. The number of anilines is 1. The fraction of sp³-hybridized carbons (Fsp3) is 0.0833. The van der Waals surface area contributed by atoms with Crippen molar-refractivity contribution >= 4 is 40.4 Å². The number of para-hydroxylation sites is 2. The summed E-state index contributed by atoms with van der Waals surface area (Å²) in [6, 6.07) is 21.5. The lowest BCUT2D eigenvalue weighted by Crippen LogP contribution is -2.26. The Bertz CT molecular complexity index is 1240. The lowest BCUT2D eigenvalue weighted by Gasteiger charge is -2.18. The molecule has 1 amide bonds. The molecule has 0 aliphatic rings. The molecule has 1 unspecified atom stereocenters. The van der Waals surface area contributed by atoms with E-state index >= 15 is 0 Å². The highest BCUT2D eigenvalue weighted by Gasteiger charge is 2.25. The molecule has 0 aliphatic carbocycles. The second-order valence-electron chi connectivity index (χ2n) is 6.76. The van der Waals surface area contributed by atoms with Crippen LogP contribution in [0, 0.1) is 5.82 Å². The largest absolute Gasteiger partial charge is 0.447 e. The molecule has 6 nitrogen and oxygen atoms in total. The molecular weight excluding hydrogens is 429 g/mol. The minimum Gasteiger partial charge on any atom is -0.447 e. The highest BCUT2D eigenvalue weighted by atomic mass is 32.2. The van der Waals surface area contributed by atoms with Crippen LogP contribution >= 0.6 is 11.8 Å². The number of hydrogen-bond donors (Lipinski definition) is 1. The summed E-state index contributed by atoms with van der Waals surface area (Å²) in [6.07, 6.45) is 0.438. The predicted octanol–water partition coefficient (Wildman–Crippen LogP) is 4.78. The zero-order valence-electron chi connectivity index (χ0n) is 16.8. The van der Waals surface area contributed by atoms with E-state index in [9.17, 15) is 14.0 Å². The van der Waals surface area contributed by atoms with Gasteiger partial charge >= 0.3 is 5.97 Å². The standard InChI is InChI=1S/C24H18FN3O3S/c25-17-10-12-18(13-11-17)27-24(30)23(16-6-2-1-3-7-16)31-22(29)15-32-21-14-26-19-8-4-5-9-20(19)28-21/h1-14,23H,15H2,(H,27,30). The van der Waals surface area contributed by atoms with E-state index < -0.39 is 23.8 Å². The van der Waals surface area contributed by atoms with Crippen LogP contribution in [-0.2, 0) is 14.3 Å². The Morgan fingerprint density at radius 1 is 0.938 bits per heavy atom. The highest BCUT2D eigenvalue weighted by molar-refractivity contribution is 7.99. The van der Waals surface area contributed by atoms with Crippen LogP contribution in [-0.4, -0.2) is 27.6 Å². The molecule has 0 saturated heterocycles. The Morgan fingerprint density at radius 2 is 1.62 bits per heavy atom. The van der Waals surface area contributed by atoms with Gasteiger partial charge in [-0.05, 0) is 36.4 Å². The van der Waals surface area contributed by atoms with E-state index in [2.05, 4.69) is 15.3 Å². The molecule has 1 aromatic heterocycles. The lowest BCUT2D eigenvalue weighted by molar-refractivity contribution is -0.152. The van der Waals surface area contributed by atoms with E-state index in [1.54, 1.807) is 36.5 Å². The van der Waals surface area contributed by atoms with Gasteiger partial charge in [0.05, 0.1) is 23.0 Å². The number of fused-ring (bicyclic) bond motifs is 1. The molecule has 4 aromatic rings. The fourth-order valence-electron chi connectivity index (χ4n) is 2.95. The van der Waals surface area contributed by atoms with Crippen molar-refractivity contribution in [1.29, 1.82) is 0 Å². The number of amides is 1. The molecule has 0 aliphatic heterocycles. The van der Waals surface area contributed by atoms with E-state index in [1.165, 1.54) is 36.0 Å². The number of halogens is 1. The van der Waals surface area contributed by atoms with Crippen molar-refractivity contribution in [3.63, 3.8) is 0 Å². The molecule has 1 N–H and O–H groups in total. The van der Waals surface area contributed by atoms with Crippen LogP contribution in [0.25, 0.3) is 11.0 Å². The molecule has 0 spiro atoms. The summed E-state index contributed by atoms with van der Waals surface area (Å²) in [5, 5.41) is 3.23. The van der Waals surface area contributed by atoms with Gasteiger partial charge < -0.3 is 10.1 Å². The smallest absolute Gasteiger partial charge is 0.317 e. The van der Waals surface area contributed by atoms with Gasteiger partial charge in [-0.1, -0.05) is 54.2 Å². The van der Waals surface area contributed by atoms with Gasteiger partial charge in [0, 0.05) is 11.3 Å². The van der Waals surface area contributed by atoms with Crippen LogP contribution in [0.15, 0.2) is 90.1 Å². The molecule has 4 rings (SSSR count). The number of carbonyl (C=O) groups excluding carboxylic acids is 2. The average molecular weight is 447 g/mol. The second-order valence-corrected chi connectivity index (χ2v) is 7.76. The van der Waals surface area contributed by atoms with Crippen LogP contribution in [0.1, 0.15) is 11.7 Å². The van der Waals surface area contributed by atoms with Crippen LogP contribution in [0.3, 0.4) is 0 Å². The first-order chi connectivity index (χ1) is 15.6. The molecule has 1 heterocycles. The summed E-state index contributed by atoms with van der Waals surface area (Å²) in [5.74, 6) is -1.57. The van der Waals surface area contributed by atoms with E-state index in [1.807, 2.05) is 24.3 Å². The maximum Gasteiger partial charge on any atom is 0.317 e. The SMILES string of the molecule is O=C(CSc1cnc2ccccc2n1)OC(C(=O)Nc1ccc(F)cc1)c1ccccc1. The second kappa shape index (κ2) is 10.0. The number of esters is 1. The topological polar surface area (TPSA) is 81.2 Å². The van der Waals surface area contributed by atoms with E-state index in [0.29, 0.717) is 16.3 Å². The first kappa shape index (κ1) is 21.5. The number of nitrogens with one attached hydrogen (secondary N) is 1. The van der Waals surface area contributed by atoms with Gasteiger partial charge in [-0.3, -0.25) is 14.6 Å². The van der Waals surface area contributed by atoms with Crippen molar-refractivity contribution in [3.8, 4) is 0 Å². The number of nitrogens with zero attached hydrogens (tertiary/aromatic N) is 2. The molecule has 8 heteroatoms. The van der Waals surface area contributed by atoms with Crippen LogP contribution in [0.5, 0.6) is 0 Å². The third-order valence-corrected chi connectivity index (χ3v) is 5.34. The number of carbonyl (C=O) groups is 2. The molecule has 1 atom stereocenters. The Hall–Kier alpha value is -3.78. The van der Waals surface area contributed by atoms with Crippen molar-refractivity contribution in [1.82, 2.24) is 9.97 Å². The summed E-state index contributed by atoms with van der Waals surface area (Å²) < 4.78 is 18.6. The predicted molar refractivity (Wildman–Crippen MR) is 121 cm³/mol. The monoisotopic (exact) mass is 447 g/mol. The Balaban J connectivity index is 1.44. The van der Waals surface area contributed by atoms with Crippen molar-refractivity contribution in [2.24, 2.45) is 0 Å². The minimum absolute atomic E-state index is 0.0415. The Labute approximate surface area is 187 Å². The third-order valence-electron chi connectivity index (χ3n) is 4.47. The van der Waals surface area contributed by atoms with Gasteiger partial charge in [0.15, 0.2) is 0 Å². The summed E-state index contributed by atoms with van der Waals surface area (Å²) in [4.78, 5) is 34.2. The van der Waals surface area contributed by atoms with Gasteiger partial charge in [-0.2, -0.15) is 0 Å². The molecule has 160 valence electrons. The van der Waals surface area contributed by atoms with Gasteiger partial charge in [-0.25, -0.2) is 9.37 Å². The number of benzene rings is 3. The number of rotatable bonds is 7. The number of hydrogen-bond acceptors (Lipinski definition) is 6. The average Bonchev–Trinajstić information content (AvgIpc) is 2.83. The molecular formula is C24H18FN3O3S. The summed E-state index contributed by atoms with van der Waals surface area (Å²) in [6.45, 7) is 0. The van der Waals surface area contributed by atoms with E-state index in [-0.39, 0.29) is 5.75 Å². The molecule has 3 aromatic carbocycles. The molecule has 0 radical (unpaired) electrons. The minimum atomic E-state index is -1.16. The van der Waals surface area contributed by atoms with Gasteiger partial charge in [0.2, 0.25) is 6.10 Å². The van der Waals surface area contributed by atoms with Gasteiger partial charge in [0.25, 0.3) is 5.91 Å². The Morgan fingerprint density at radius 3 is 2.38 bits per heavy atom. The molecule has 0 bridgehead atoms. The maximum atomic E-state index is 13.1. The highest BCUT2D eigenvalue weighted by Crippen LogP contribution is 2.23. The van der Waals surface area contributed by atoms with Crippen molar-refractivity contribution in [3.05, 3.63) is 96.4 Å².